The van der Waals surface area contributed by atoms with Crippen LogP contribution in [0.3, 0.4) is 0 Å². The zero-order chi connectivity index (χ0) is 73.7. The Morgan fingerprint density at radius 1 is 0.134 bits per heavy atom. The lowest BCUT2D eigenvalue weighted by Gasteiger charge is -2.16. The third-order valence-electron chi connectivity index (χ3n) is 22.5. The molecule has 0 unspecified atom stereocenters. The van der Waals surface area contributed by atoms with E-state index >= 15 is 0 Å². The molecular weight excluding hydrogens is 1360 g/mol. The van der Waals surface area contributed by atoms with Gasteiger partial charge in [0.15, 0.2) is 5.82 Å². The zero-order valence-electron chi connectivity index (χ0n) is 60.8. The molecule has 7 heteroatoms. The highest BCUT2D eigenvalue weighted by Gasteiger charge is 2.23. The van der Waals surface area contributed by atoms with Gasteiger partial charge in [0.2, 0.25) is 0 Å². The first-order valence-electron chi connectivity index (χ1n) is 38.2. The standard InChI is InChI=1S/C105H67N7/c1-5-25-71(26-6-1)93-63-80(64-94(106-93)72-27-7-2-8-28-72)70-47-45-68(46-48-70)78-57-81(109-97-39-19-13-33-85(97)86-34-14-20-40-98(86)109)65-83(59-78)111-101-43-23-17-37-89(101)91-61-76(53-55-103(91)111)77-54-56-104-92(62-77)90-38-18-24-44-102(90)112(104)84-60-79(58-82(66-84)110-99-41-21-15-35-87(99)88-36-16-22-42-100(88)110)69-49-51-74(52-50-69)96-67-95(73-29-9-3-10-30-73)107-105(108-96)75-31-11-4-12-32-75/h1-67H. The molecule has 0 bridgehead atoms. The number of rotatable bonds is 13. The Kier molecular flexibility index (Phi) is 15.1. The molecule has 0 aliphatic rings. The van der Waals surface area contributed by atoms with Crippen LogP contribution < -0.4 is 0 Å². The first-order valence-corrected chi connectivity index (χ1v) is 38.2. The van der Waals surface area contributed by atoms with Gasteiger partial charge in [0, 0.05) is 93.7 Å². The topological polar surface area (TPSA) is 58.4 Å². The minimum atomic E-state index is 0.690. The van der Waals surface area contributed by atoms with Crippen LogP contribution in [0.2, 0.25) is 0 Å². The van der Waals surface area contributed by atoms with Gasteiger partial charge in [-0.3, -0.25) is 0 Å². The maximum Gasteiger partial charge on any atom is 0.160 e. The summed E-state index contributed by atoms with van der Waals surface area (Å²) in [6.45, 7) is 0. The van der Waals surface area contributed by atoms with Crippen molar-refractivity contribution in [3.8, 4) is 124 Å². The molecule has 22 aromatic rings. The van der Waals surface area contributed by atoms with Crippen molar-refractivity contribution < 1.29 is 0 Å². The molecule has 16 aromatic carbocycles. The third-order valence-corrected chi connectivity index (χ3v) is 22.5. The molecule has 0 saturated carbocycles. The number of pyridine rings is 1. The molecule has 0 atom stereocenters. The number of hydrogen-bond donors (Lipinski definition) is 0. The van der Waals surface area contributed by atoms with E-state index in [1.54, 1.807) is 0 Å². The summed E-state index contributed by atoms with van der Waals surface area (Å²) in [5, 5.41) is 9.59. The Morgan fingerprint density at radius 3 is 0.688 bits per heavy atom. The summed E-state index contributed by atoms with van der Waals surface area (Å²) in [6, 6.07) is 148. The van der Waals surface area contributed by atoms with E-state index < -0.39 is 0 Å². The predicted octanol–water partition coefficient (Wildman–Crippen LogP) is 27.3. The van der Waals surface area contributed by atoms with Crippen LogP contribution in [0.1, 0.15) is 0 Å². The van der Waals surface area contributed by atoms with Crippen LogP contribution in [0.4, 0.5) is 0 Å². The van der Waals surface area contributed by atoms with Crippen molar-refractivity contribution in [2.75, 3.05) is 0 Å². The molecule has 22 rings (SSSR count). The summed E-state index contributed by atoms with van der Waals surface area (Å²) >= 11 is 0. The molecule has 6 heterocycles. The van der Waals surface area contributed by atoms with E-state index in [1.807, 2.05) is 24.3 Å². The molecule has 0 saturated heterocycles. The Bertz CT molecular complexity index is 6790. The highest BCUT2D eigenvalue weighted by Crippen LogP contribution is 2.44. The minimum absolute atomic E-state index is 0.690. The van der Waals surface area contributed by atoms with Gasteiger partial charge in [-0.25, -0.2) is 15.0 Å². The van der Waals surface area contributed by atoms with Gasteiger partial charge in [-0.15, -0.1) is 0 Å². The first kappa shape index (κ1) is 64.2. The molecule has 522 valence electrons. The first-order chi connectivity index (χ1) is 55.5. The maximum atomic E-state index is 5.21. The van der Waals surface area contributed by atoms with Crippen molar-refractivity contribution in [3.05, 3.63) is 406 Å². The second-order valence-corrected chi connectivity index (χ2v) is 29.1. The summed E-state index contributed by atoms with van der Waals surface area (Å²) < 4.78 is 9.83. The van der Waals surface area contributed by atoms with Crippen LogP contribution in [0.5, 0.6) is 0 Å². The van der Waals surface area contributed by atoms with E-state index in [0.717, 1.165) is 162 Å². The smallest absolute Gasteiger partial charge is 0.160 e. The monoisotopic (exact) mass is 1430 g/mol. The van der Waals surface area contributed by atoms with Crippen molar-refractivity contribution in [3.63, 3.8) is 0 Å². The summed E-state index contributed by atoms with van der Waals surface area (Å²) in [5.74, 6) is 0.690. The Labute approximate surface area is 646 Å². The molecule has 0 spiro atoms. The van der Waals surface area contributed by atoms with Crippen LogP contribution >= 0.6 is 0 Å². The van der Waals surface area contributed by atoms with Gasteiger partial charge < -0.3 is 18.3 Å². The fraction of sp³-hybridized carbons (Fsp3) is 0. The molecule has 0 aliphatic heterocycles. The molecular formula is C105H67N7. The van der Waals surface area contributed by atoms with Gasteiger partial charge in [-0.2, -0.15) is 0 Å². The number of hydrogen-bond acceptors (Lipinski definition) is 3. The Morgan fingerprint density at radius 2 is 0.366 bits per heavy atom. The summed E-state index contributed by atoms with van der Waals surface area (Å²) in [7, 11) is 0. The van der Waals surface area contributed by atoms with Crippen LogP contribution in [0, 0.1) is 0 Å². The van der Waals surface area contributed by atoms with Crippen LogP contribution in [0.25, 0.3) is 211 Å². The third kappa shape index (κ3) is 10.9. The minimum Gasteiger partial charge on any atom is -0.309 e. The van der Waals surface area contributed by atoms with E-state index in [0.29, 0.717) is 5.82 Å². The molecule has 0 radical (unpaired) electrons. The Balaban J connectivity index is 0.674. The molecule has 6 aromatic heterocycles. The normalized spacial score (nSPS) is 11.8. The quantitative estimate of drug-likeness (QED) is 0.116. The second kappa shape index (κ2) is 26.4. The molecule has 7 nitrogen and oxygen atoms in total. The molecule has 112 heavy (non-hydrogen) atoms. The Hall–Kier alpha value is -15.1. The van der Waals surface area contributed by atoms with Gasteiger partial charge in [-0.1, -0.05) is 291 Å². The van der Waals surface area contributed by atoms with Crippen molar-refractivity contribution in [2.24, 2.45) is 0 Å². The number of fused-ring (bicyclic) bond motifs is 12. The average molecular weight is 1430 g/mol. The van der Waals surface area contributed by atoms with Crippen molar-refractivity contribution in [1.29, 1.82) is 0 Å². The van der Waals surface area contributed by atoms with E-state index in [-0.39, 0.29) is 0 Å². The number of aromatic nitrogens is 7. The van der Waals surface area contributed by atoms with Crippen molar-refractivity contribution in [2.45, 2.75) is 0 Å². The second-order valence-electron chi connectivity index (χ2n) is 29.1. The van der Waals surface area contributed by atoms with Gasteiger partial charge in [0.05, 0.1) is 66.9 Å². The summed E-state index contributed by atoms with van der Waals surface area (Å²) in [5.41, 5.74) is 31.1. The van der Waals surface area contributed by atoms with Crippen molar-refractivity contribution in [1.82, 2.24) is 33.2 Å². The number of nitrogens with zero attached hydrogens (tertiary/aromatic N) is 7. The van der Waals surface area contributed by atoms with E-state index in [4.69, 9.17) is 15.0 Å². The zero-order valence-corrected chi connectivity index (χ0v) is 60.8. The van der Waals surface area contributed by atoms with Gasteiger partial charge in [0.1, 0.15) is 0 Å². The highest BCUT2D eigenvalue weighted by molar-refractivity contribution is 6.14. The summed E-state index contributed by atoms with van der Waals surface area (Å²) in [6.07, 6.45) is 0. The molecule has 0 amide bonds. The predicted molar refractivity (Wildman–Crippen MR) is 466 cm³/mol. The molecule has 0 aliphatic carbocycles. The lowest BCUT2D eigenvalue weighted by atomic mass is 9.97. The van der Waals surface area contributed by atoms with E-state index in [1.165, 1.54) is 43.1 Å². The molecule has 0 N–H and O–H groups in total. The average Bonchev–Trinajstić information content (AvgIpc) is 1.57. The lowest BCUT2D eigenvalue weighted by molar-refractivity contribution is 1.13. The van der Waals surface area contributed by atoms with Gasteiger partial charge in [-0.05, 0) is 160 Å². The number of para-hydroxylation sites is 6. The van der Waals surface area contributed by atoms with E-state index in [2.05, 4.69) is 400 Å². The number of benzene rings is 16. The van der Waals surface area contributed by atoms with Crippen LogP contribution in [0.15, 0.2) is 406 Å². The van der Waals surface area contributed by atoms with Crippen LogP contribution in [-0.4, -0.2) is 33.2 Å². The maximum absolute atomic E-state index is 5.21. The fourth-order valence-electron chi connectivity index (χ4n) is 17.3. The van der Waals surface area contributed by atoms with Crippen LogP contribution in [-0.2, 0) is 0 Å². The van der Waals surface area contributed by atoms with Gasteiger partial charge in [0.25, 0.3) is 0 Å². The van der Waals surface area contributed by atoms with Crippen molar-refractivity contribution >= 4 is 87.2 Å². The SMILES string of the molecule is c1ccc(-c2cc(-c3ccc(-c4cc(-n5c6ccccc6c6ccccc65)cc(-n5c6ccccc6c6cc(-c7ccc8c(c7)c7ccccc7n8-c7cc(-c8ccc(-c9cc(-c%10ccccc%10)nc(-c%10ccccc%10)n9)cc8)cc(-n8c9ccccc9c9ccccc98)c7)ccc65)c4)cc3)cc(-c3ccccc3)n2)cc1. The highest BCUT2D eigenvalue weighted by atomic mass is 15.0. The van der Waals surface area contributed by atoms with E-state index in [9.17, 15) is 0 Å². The lowest BCUT2D eigenvalue weighted by Crippen LogP contribution is -2.00. The van der Waals surface area contributed by atoms with Gasteiger partial charge >= 0.3 is 0 Å². The molecule has 0 fully saturated rings. The fourth-order valence-corrected chi connectivity index (χ4v) is 17.3. The summed E-state index contributed by atoms with van der Waals surface area (Å²) in [4.78, 5) is 15.5. The largest absolute Gasteiger partial charge is 0.309 e.